The van der Waals surface area contributed by atoms with Crippen molar-refractivity contribution in [3.05, 3.63) is 106 Å². The van der Waals surface area contributed by atoms with Crippen LogP contribution in [0.3, 0.4) is 0 Å². The second kappa shape index (κ2) is 8.43. The van der Waals surface area contributed by atoms with Gasteiger partial charge in [-0.2, -0.15) is 0 Å². The molecule has 3 aromatic rings. The van der Waals surface area contributed by atoms with Gasteiger partial charge in [0.25, 0.3) is 17.5 Å². The van der Waals surface area contributed by atoms with Gasteiger partial charge < -0.3 is 4.90 Å². The van der Waals surface area contributed by atoms with Gasteiger partial charge >= 0.3 is 0 Å². The number of imide groups is 1. The standard InChI is InChI=1S/C24H19N3O5/c1-16(26-23(29)19-13-8-14-20(27(31)32)21(19)24(26)30)22(28)25(18-11-6-3-7-12-18)15-17-9-4-2-5-10-17/h2-14,16H,15H2,1H3. The Hall–Kier alpha value is -4.33. The summed E-state index contributed by atoms with van der Waals surface area (Å²) in [4.78, 5) is 52.5. The number of fused-ring (bicyclic) bond motifs is 1. The zero-order chi connectivity index (χ0) is 22.8. The first kappa shape index (κ1) is 20.9. The van der Waals surface area contributed by atoms with Gasteiger partial charge in [-0.1, -0.05) is 54.6 Å². The third-order valence-electron chi connectivity index (χ3n) is 5.38. The van der Waals surface area contributed by atoms with Gasteiger partial charge in [-0.15, -0.1) is 0 Å². The summed E-state index contributed by atoms with van der Waals surface area (Å²) in [6, 6.07) is 21.0. The Morgan fingerprint density at radius 1 is 0.938 bits per heavy atom. The fraction of sp³-hybridized carbons (Fsp3) is 0.125. The van der Waals surface area contributed by atoms with Crippen molar-refractivity contribution >= 4 is 29.1 Å². The molecule has 4 rings (SSSR count). The van der Waals surface area contributed by atoms with Gasteiger partial charge in [-0.05, 0) is 30.7 Å². The predicted octanol–water partition coefficient (Wildman–Crippen LogP) is 3.81. The van der Waals surface area contributed by atoms with Crippen LogP contribution in [-0.4, -0.2) is 33.6 Å². The van der Waals surface area contributed by atoms with E-state index in [0.717, 1.165) is 10.5 Å². The number of carbonyl (C=O) groups excluding carboxylic acids is 3. The molecule has 1 heterocycles. The molecule has 0 spiro atoms. The fourth-order valence-electron chi connectivity index (χ4n) is 3.80. The molecule has 32 heavy (non-hydrogen) atoms. The maximum Gasteiger partial charge on any atom is 0.282 e. The second-order valence-corrected chi connectivity index (χ2v) is 7.36. The van der Waals surface area contributed by atoms with Gasteiger partial charge in [0.15, 0.2) is 0 Å². The Balaban J connectivity index is 1.69. The third kappa shape index (κ3) is 3.62. The van der Waals surface area contributed by atoms with E-state index in [1.54, 1.807) is 24.3 Å². The van der Waals surface area contributed by atoms with E-state index in [9.17, 15) is 24.5 Å². The summed E-state index contributed by atoms with van der Waals surface area (Å²) in [6.07, 6.45) is 0. The number of rotatable bonds is 6. The molecule has 0 saturated carbocycles. The minimum atomic E-state index is -1.16. The molecule has 0 radical (unpaired) electrons. The highest BCUT2D eigenvalue weighted by atomic mass is 16.6. The zero-order valence-corrected chi connectivity index (χ0v) is 17.2. The zero-order valence-electron chi connectivity index (χ0n) is 17.2. The van der Waals surface area contributed by atoms with Gasteiger partial charge in [0.1, 0.15) is 11.6 Å². The Labute approximate surface area is 183 Å². The van der Waals surface area contributed by atoms with E-state index in [0.29, 0.717) is 5.69 Å². The monoisotopic (exact) mass is 429 g/mol. The van der Waals surface area contributed by atoms with E-state index >= 15 is 0 Å². The van der Waals surface area contributed by atoms with Crippen molar-refractivity contribution < 1.29 is 19.3 Å². The van der Waals surface area contributed by atoms with E-state index < -0.39 is 34.4 Å². The quantitative estimate of drug-likeness (QED) is 0.337. The maximum absolute atomic E-state index is 13.5. The van der Waals surface area contributed by atoms with Crippen molar-refractivity contribution in [2.24, 2.45) is 0 Å². The van der Waals surface area contributed by atoms with E-state index in [1.807, 2.05) is 36.4 Å². The van der Waals surface area contributed by atoms with E-state index in [4.69, 9.17) is 0 Å². The minimum absolute atomic E-state index is 0.0711. The van der Waals surface area contributed by atoms with Crippen LogP contribution in [0.1, 0.15) is 33.2 Å². The van der Waals surface area contributed by atoms with Crippen LogP contribution in [0.15, 0.2) is 78.9 Å². The molecule has 160 valence electrons. The third-order valence-corrected chi connectivity index (χ3v) is 5.38. The van der Waals surface area contributed by atoms with Crippen molar-refractivity contribution in [2.45, 2.75) is 19.5 Å². The number of carbonyl (C=O) groups is 3. The van der Waals surface area contributed by atoms with Crippen molar-refractivity contribution in [3.63, 3.8) is 0 Å². The first-order valence-corrected chi connectivity index (χ1v) is 9.95. The van der Waals surface area contributed by atoms with Crippen molar-refractivity contribution in [1.82, 2.24) is 4.90 Å². The van der Waals surface area contributed by atoms with Crippen LogP contribution in [-0.2, 0) is 11.3 Å². The molecule has 1 aliphatic heterocycles. The van der Waals surface area contributed by atoms with Gasteiger partial charge in [-0.3, -0.25) is 29.4 Å². The van der Waals surface area contributed by atoms with E-state index in [-0.39, 0.29) is 17.7 Å². The number of hydrogen-bond donors (Lipinski definition) is 0. The van der Waals surface area contributed by atoms with Crippen LogP contribution in [0.2, 0.25) is 0 Å². The van der Waals surface area contributed by atoms with Crippen molar-refractivity contribution in [1.29, 1.82) is 0 Å². The average molecular weight is 429 g/mol. The Morgan fingerprint density at radius 3 is 2.19 bits per heavy atom. The van der Waals surface area contributed by atoms with Crippen LogP contribution in [0.5, 0.6) is 0 Å². The number of nitro groups is 1. The lowest BCUT2D eigenvalue weighted by molar-refractivity contribution is -0.385. The van der Waals surface area contributed by atoms with Crippen LogP contribution in [0, 0.1) is 10.1 Å². The smallest absolute Gasteiger partial charge is 0.282 e. The van der Waals surface area contributed by atoms with Gasteiger partial charge in [0, 0.05) is 11.8 Å². The van der Waals surface area contributed by atoms with Crippen molar-refractivity contribution in [3.8, 4) is 0 Å². The number of nitrogens with zero attached hydrogens (tertiary/aromatic N) is 3. The lowest BCUT2D eigenvalue weighted by atomic mass is 10.1. The summed E-state index contributed by atoms with van der Waals surface area (Å²) in [5.74, 6) is -2.04. The minimum Gasteiger partial charge on any atom is -0.306 e. The van der Waals surface area contributed by atoms with Crippen LogP contribution < -0.4 is 4.90 Å². The summed E-state index contributed by atoms with van der Waals surface area (Å²) in [6.45, 7) is 1.69. The molecule has 3 aromatic carbocycles. The van der Waals surface area contributed by atoms with Gasteiger partial charge in [-0.25, -0.2) is 0 Å². The molecular weight excluding hydrogens is 410 g/mol. The fourth-order valence-corrected chi connectivity index (χ4v) is 3.80. The molecule has 0 saturated heterocycles. The number of benzene rings is 3. The molecule has 8 heteroatoms. The first-order valence-electron chi connectivity index (χ1n) is 9.95. The summed E-state index contributed by atoms with van der Waals surface area (Å²) in [5, 5.41) is 11.4. The Kier molecular flexibility index (Phi) is 5.51. The highest BCUT2D eigenvalue weighted by molar-refractivity contribution is 6.25. The normalized spacial score (nSPS) is 13.6. The highest BCUT2D eigenvalue weighted by Crippen LogP contribution is 2.32. The number of nitro benzene ring substituents is 1. The summed E-state index contributed by atoms with van der Waals surface area (Å²) in [7, 11) is 0. The molecule has 1 unspecified atom stereocenters. The molecule has 0 aromatic heterocycles. The molecule has 0 bridgehead atoms. The summed E-state index contributed by atoms with van der Waals surface area (Å²) >= 11 is 0. The molecule has 8 nitrogen and oxygen atoms in total. The number of hydrogen-bond acceptors (Lipinski definition) is 5. The topological polar surface area (TPSA) is 101 Å². The molecule has 0 N–H and O–H groups in total. The van der Waals surface area contributed by atoms with Gasteiger partial charge in [0.05, 0.1) is 17.0 Å². The summed E-state index contributed by atoms with van der Waals surface area (Å²) < 4.78 is 0. The molecule has 1 atom stereocenters. The highest BCUT2D eigenvalue weighted by Gasteiger charge is 2.45. The largest absolute Gasteiger partial charge is 0.306 e. The molecular formula is C24H19N3O5. The first-order chi connectivity index (χ1) is 15.4. The molecule has 3 amide bonds. The maximum atomic E-state index is 13.5. The van der Waals surface area contributed by atoms with Gasteiger partial charge in [0.2, 0.25) is 5.91 Å². The molecule has 1 aliphatic rings. The van der Waals surface area contributed by atoms with E-state index in [2.05, 4.69) is 0 Å². The number of anilines is 1. The summed E-state index contributed by atoms with van der Waals surface area (Å²) in [5.41, 5.74) is 0.674. The molecule has 0 fully saturated rings. The Morgan fingerprint density at radius 2 is 1.56 bits per heavy atom. The predicted molar refractivity (Wildman–Crippen MR) is 117 cm³/mol. The van der Waals surface area contributed by atoms with Crippen LogP contribution in [0.4, 0.5) is 11.4 Å². The lowest BCUT2D eigenvalue weighted by Gasteiger charge is -2.29. The lowest BCUT2D eigenvalue weighted by Crippen LogP contribution is -2.49. The van der Waals surface area contributed by atoms with Crippen molar-refractivity contribution in [2.75, 3.05) is 4.90 Å². The Bertz CT molecular complexity index is 1210. The second-order valence-electron chi connectivity index (χ2n) is 7.36. The molecule has 0 aliphatic carbocycles. The van der Waals surface area contributed by atoms with E-state index in [1.165, 1.54) is 30.0 Å². The van der Waals surface area contributed by atoms with Crippen LogP contribution in [0.25, 0.3) is 0 Å². The average Bonchev–Trinajstić information content (AvgIpc) is 3.07. The number of amides is 3. The SMILES string of the molecule is CC(C(=O)N(Cc1ccccc1)c1ccccc1)N1C(=O)c2cccc([N+](=O)[O-])c2C1=O. The van der Waals surface area contributed by atoms with Crippen LogP contribution >= 0.6 is 0 Å². The number of para-hydroxylation sites is 1.